The maximum absolute atomic E-state index is 13.0. The lowest BCUT2D eigenvalue weighted by Crippen LogP contribution is -2.52. The molecule has 0 bridgehead atoms. The first-order chi connectivity index (χ1) is 12.4. The van der Waals surface area contributed by atoms with Gasteiger partial charge in [-0.15, -0.1) is 0 Å². The molecule has 2 amide bonds. The van der Waals surface area contributed by atoms with Crippen molar-refractivity contribution < 1.29 is 19.1 Å². The largest absolute Gasteiger partial charge is 0.481 e. The average Bonchev–Trinajstić information content (AvgIpc) is 2.62. The van der Waals surface area contributed by atoms with E-state index in [4.69, 9.17) is 26.8 Å². The zero-order valence-electron chi connectivity index (χ0n) is 14.4. The van der Waals surface area contributed by atoms with E-state index in [2.05, 4.69) is 0 Å². The number of nitrogens with zero attached hydrogens (tertiary/aromatic N) is 1. The molecule has 0 radical (unpaired) electrons. The second kappa shape index (κ2) is 7.25. The van der Waals surface area contributed by atoms with Crippen LogP contribution in [-0.4, -0.2) is 30.6 Å². The van der Waals surface area contributed by atoms with Crippen molar-refractivity contribution in [1.82, 2.24) is 0 Å². The Morgan fingerprint density at radius 1 is 1.31 bits per heavy atom. The number of benzene rings is 2. The third-order valence-corrected chi connectivity index (χ3v) is 4.38. The van der Waals surface area contributed by atoms with E-state index in [9.17, 15) is 9.59 Å². The zero-order valence-corrected chi connectivity index (χ0v) is 15.2. The first-order valence-corrected chi connectivity index (χ1v) is 8.54. The number of hydrogen-bond donors (Lipinski definition) is 1. The van der Waals surface area contributed by atoms with Crippen LogP contribution in [0.15, 0.2) is 42.5 Å². The van der Waals surface area contributed by atoms with E-state index in [0.29, 0.717) is 22.2 Å². The van der Waals surface area contributed by atoms with Gasteiger partial charge in [-0.2, -0.15) is 0 Å². The smallest absolute Gasteiger partial charge is 0.268 e. The third-order valence-electron chi connectivity index (χ3n) is 4.15. The summed E-state index contributed by atoms with van der Waals surface area (Å²) in [6.07, 6.45) is -1.67. The molecule has 0 unspecified atom stereocenters. The van der Waals surface area contributed by atoms with Gasteiger partial charge >= 0.3 is 0 Å². The SMILES string of the molecule is Cc1cc(Cl)ccc1O[C@H](C)C(=O)N1C[C@@H](C(N)=O)Oc2ccccc21. The first-order valence-electron chi connectivity index (χ1n) is 8.16. The number of aryl methyl sites for hydroxylation is 1. The van der Waals surface area contributed by atoms with Gasteiger partial charge in [-0.05, 0) is 49.7 Å². The van der Waals surface area contributed by atoms with Crippen LogP contribution in [-0.2, 0) is 9.59 Å². The summed E-state index contributed by atoms with van der Waals surface area (Å²) in [4.78, 5) is 26.0. The number of fused-ring (bicyclic) bond motifs is 1. The van der Waals surface area contributed by atoms with Gasteiger partial charge < -0.3 is 20.1 Å². The van der Waals surface area contributed by atoms with Crippen molar-refractivity contribution in [1.29, 1.82) is 0 Å². The summed E-state index contributed by atoms with van der Waals surface area (Å²) in [7, 11) is 0. The van der Waals surface area contributed by atoms with Crippen molar-refractivity contribution >= 4 is 29.1 Å². The molecule has 6 nitrogen and oxygen atoms in total. The van der Waals surface area contributed by atoms with Crippen LogP contribution in [0, 0.1) is 6.92 Å². The Balaban J connectivity index is 1.84. The van der Waals surface area contributed by atoms with E-state index in [-0.39, 0.29) is 12.5 Å². The summed E-state index contributed by atoms with van der Waals surface area (Å²) in [6.45, 7) is 3.55. The van der Waals surface area contributed by atoms with Gasteiger partial charge in [-0.1, -0.05) is 23.7 Å². The molecule has 0 saturated carbocycles. The van der Waals surface area contributed by atoms with Gasteiger partial charge in [-0.3, -0.25) is 9.59 Å². The van der Waals surface area contributed by atoms with Gasteiger partial charge in [0, 0.05) is 5.02 Å². The molecule has 0 spiro atoms. The fourth-order valence-electron chi connectivity index (χ4n) is 2.80. The fraction of sp³-hybridized carbons (Fsp3) is 0.263. The lowest BCUT2D eigenvalue weighted by atomic mass is 10.1. The van der Waals surface area contributed by atoms with Crippen molar-refractivity contribution in [2.75, 3.05) is 11.4 Å². The Labute approximate surface area is 156 Å². The molecule has 2 N–H and O–H groups in total. The second-order valence-corrected chi connectivity index (χ2v) is 6.53. The molecular weight excluding hydrogens is 356 g/mol. The molecule has 0 saturated heterocycles. The van der Waals surface area contributed by atoms with Gasteiger partial charge in [0.25, 0.3) is 11.8 Å². The first kappa shape index (κ1) is 18.1. The van der Waals surface area contributed by atoms with Gasteiger partial charge in [0.1, 0.15) is 11.5 Å². The van der Waals surface area contributed by atoms with Crippen LogP contribution in [0.5, 0.6) is 11.5 Å². The number of carbonyl (C=O) groups is 2. The van der Waals surface area contributed by atoms with Gasteiger partial charge in [-0.25, -0.2) is 0 Å². The molecule has 1 heterocycles. The molecule has 1 aliphatic rings. The molecule has 26 heavy (non-hydrogen) atoms. The topological polar surface area (TPSA) is 81.9 Å². The molecule has 0 fully saturated rings. The number of halogens is 1. The molecule has 2 atom stereocenters. The highest BCUT2D eigenvalue weighted by Crippen LogP contribution is 2.34. The summed E-state index contributed by atoms with van der Waals surface area (Å²) < 4.78 is 11.4. The monoisotopic (exact) mass is 374 g/mol. The summed E-state index contributed by atoms with van der Waals surface area (Å²) in [5, 5.41) is 0.597. The third kappa shape index (κ3) is 3.60. The van der Waals surface area contributed by atoms with E-state index in [0.717, 1.165) is 5.56 Å². The Hall–Kier alpha value is -2.73. The van der Waals surface area contributed by atoms with Crippen LogP contribution in [0.4, 0.5) is 5.69 Å². The quantitative estimate of drug-likeness (QED) is 0.892. The fourth-order valence-corrected chi connectivity index (χ4v) is 3.02. The number of primary amides is 1. The molecule has 0 aliphatic carbocycles. The Bertz CT molecular complexity index is 855. The normalized spacial score (nSPS) is 17.0. The molecule has 3 rings (SSSR count). The molecule has 0 aromatic heterocycles. The molecular formula is C19H19ClN2O4. The van der Waals surface area contributed by atoms with E-state index in [1.165, 1.54) is 4.90 Å². The number of rotatable bonds is 4. The summed E-state index contributed by atoms with van der Waals surface area (Å²) >= 11 is 5.95. The molecule has 136 valence electrons. The predicted octanol–water partition coefficient (Wildman–Crippen LogP) is 2.70. The number of para-hydroxylation sites is 2. The average molecular weight is 375 g/mol. The maximum atomic E-state index is 13.0. The van der Waals surface area contributed by atoms with E-state index >= 15 is 0 Å². The highest BCUT2D eigenvalue weighted by molar-refractivity contribution is 6.30. The van der Waals surface area contributed by atoms with Crippen LogP contribution in [0.2, 0.25) is 5.02 Å². The minimum Gasteiger partial charge on any atom is -0.481 e. The van der Waals surface area contributed by atoms with E-state index in [1.54, 1.807) is 49.4 Å². The highest BCUT2D eigenvalue weighted by Gasteiger charge is 2.35. The van der Waals surface area contributed by atoms with Crippen LogP contribution in [0.3, 0.4) is 0 Å². The van der Waals surface area contributed by atoms with Crippen molar-refractivity contribution in [3.63, 3.8) is 0 Å². The van der Waals surface area contributed by atoms with Crippen LogP contribution in [0.1, 0.15) is 12.5 Å². The number of carbonyl (C=O) groups excluding carboxylic acids is 2. The number of anilines is 1. The predicted molar refractivity (Wildman–Crippen MR) is 98.7 cm³/mol. The van der Waals surface area contributed by atoms with Gasteiger partial charge in [0.05, 0.1) is 12.2 Å². The lowest BCUT2D eigenvalue weighted by Gasteiger charge is -2.34. The number of ether oxygens (including phenoxy) is 2. The molecule has 2 aromatic rings. The van der Waals surface area contributed by atoms with E-state index < -0.39 is 18.1 Å². The zero-order chi connectivity index (χ0) is 18.8. The maximum Gasteiger partial charge on any atom is 0.268 e. The van der Waals surface area contributed by atoms with Crippen LogP contribution >= 0.6 is 11.6 Å². The van der Waals surface area contributed by atoms with Crippen molar-refractivity contribution in [2.45, 2.75) is 26.1 Å². The van der Waals surface area contributed by atoms with E-state index in [1.807, 2.05) is 6.92 Å². The van der Waals surface area contributed by atoms with Gasteiger partial charge in [0.2, 0.25) is 0 Å². The lowest BCUT2D eigenvalue weighted by molar-refractivity contribution is -0.127. The van der Waals surface area contributed by atoms with Crippen molar-refractivity contribution in [3.05, 3.63) is 53.1 Å². The van der Waals surface area contributed by atoms with Crippen molar-refractivity contribution in [3.8, 4) is 11.5 Å². The number of hydrogen-bond acceptors (Lipinski definition) is 4. The second-order valence-electron chi connectivity index (χ2n) is 6.10. The Morgan fingerprint density at radius 3 is 2.73 bits per heavy atom. The Morgan fingerprint density at radius 2 is 2.04 bits per heavy atom. The summed E-state index contributed by atoms with van der Waals surface area (Å²) in [6, 6.07) is 12.2. The number of amides is 2. The van der Waals surface area contributed by atoms with Gasteiger partial charge in [0.15, 0.2) is 12.2 Å². The highest BCUT2D eigenvalue weighted by atomic mass is 35.5. The minimum absolute atomic E-state index is 0.0402. The van der Waals surface area contributed by atoms with Crippen LogP contribution < -0.4 is 20.1 Å². The molecule has 7 heteroatoms. The molecule has 2 aromatic carbocycles. The van der Waals surface area contributed by atoms with Crippen molar-refractivity contribution in [2.24, 2.45) is 5.73 Å². The Kier molecular flexibility index (Phi) is 5.04. The standard InChI is InChI=1S/C19H19ClN2O4/c1-11-9-13(20)7-8-15(11)25-12(2)19(24)22-10-17(18(21)23)26-16-6-4-3-5-14(16)22/h3-9,12,17H,10H2,1-2H3,(H2,21,23)/t12-,17+/m1/s1. The molecule has 1 aliphatic heterocycles. The summed E-state index contributed by atoms with van der Waals surface area (Å²) in [5.41, 5.74) is 6.78. The minimum atomic E-state index is -0.904. The summed E-state index contributed by atoms with van der Waals surface area (Å²) in [5.74, 6) is 0.0924. The number of nitrogens with two attached hydrogens (primary N) is 1. The van der Waals surface area contributed by atoms with Crippen LogP contribution in [0.25, 0.3) is 0 Å².